The third-order valence-electron chi connectivity index (χ3n) is 6.92. The molecular weight excluding hydrogens is 485 g/mol. The molecule has 2 heterocycles. The van der Waals surface area contributed by atoms with Crippen molar-refractivity contribution in [3.63, 3.8) is 0 Å². The van der Waals surface area contributed by atoms with Gasteiger partial charge in [0, 0.05) is 12.6 Å². The summed E-state index contributed by atoms with van der Waals surface area (Å²) in [4.78, 5) is 40.8. The van der Waals surface area contributed by atoms with Gasteiger partial charge in [-0.2, -0.15) is 13.2 Å². The van der Waals surface area contributed by atoms with Crippen molar-refractivity contribution in [2.24, 2.45) is 5.92 Å². The molecule has 37 heavy (non-hydrogen) atoms. The van der Waals surface area contributed by atoms with E-state index in [4.69, 9.17) is 0 Å². The molecule has 2 aromatic carbocycles. The van der Waals surface area contributed by atoms with Crippen molar-refractivity contribution in [3.05, 3.63) is 53.6 Å². The van der Waals surface area contributed by atoms with Crippen LogP contribution < -0.4 is 16.0 Å². The number of nitrogens with zero attached hydrogens (tertiary/aromatic N) is 1. The van der Waals surface area contributed by atoms with Crippen LogP contribution in [0.1, 0.15) is 49.0 Å². The molecule has 3 atom stereocenters. The molecule has 2 aliphatic rings. The SMILES string of the molecule is CN[C@@H](CC(C)C)C(=O)N[C@H]1CCN2C(=O)c3cc(-c4cccc(C(F)(F)F)c4)ccc3NC(=O)[C@@H]2C1. The van der Waals surface area contributed by atoms with Crippen molar-refractivity contribution in [1.82, 2.24) is 15.5 Å². The monoisotopic (exact) mass is 516 g/mol. The van der Waals surface area contributed by atoms with E-state index >= 15 is 0 Å². The highest BCUT2D eigenvalue weighted by Crippen LogP contribution is 2.35. The number of amides is 3. The number of hydrogen-bond donors (Lipinski definition) is 3. The van der Waals surface area contributed by atoms with E-state index in [1.165, 1.54) is 17.0 Å². The van der Waals surface area contributed by atoms with Crippen molar-refractivity contribution in [3.8, 4) is 11.1 Å². The highest BCUT2D eigenvalue weighted by atomic mass is 19.4. The van der Waals surface area contributed by atoms with Gasteiger partial charge in [-0.05, 0) is 67.6 Å². The summed E-state index contributed by atoms with van der Waals surface area (Å²) in [7, 11) is 1.73. The fourth-order valence-electron chi connectivity index (χ4n) is 4.97. The summed E-state index contributed by atoms with van der Waals surface area (Å²) < 4.78 is 39.6. The van der Waals surface area contributed by atoms with Gasteiger partial charge in [0.1, 0.15) is 6.04 Å². The summed E-state index contributed by atoms with van der Waals surface area (Å²) in [6.45, 7) is 4.34. The number of anilines is 1. The molecule has 3 N–H and O–H groups in total. The molecule has 1 saturated heterocycles. The zero-order valence-corrected chi connectivity index (χ0v) is 21.0. The van der Waals surface area contributed by atoms with E-state index in [0.717, 1.165) is 12.1 Å². The van der Waals surface area contributed by atoms with Crippen molar-refractivity contribution >= 4 is 23.4 Å². The Kier molecular flexibility index (Phi) is 7.59. The minimum Gasteiger partial charge on any atom is -0.352 e. The molecule has 0 saturated carbocycles. The molecule has 2 aliphatic heterocycles. The lowest BCUT2D eigenvalue weighted by Crippen LogP contribution is -2.56. The average molecular weight is 517 g/mol. The Labute approximate surface area is 213 Å². The number of piperidine rings is 1. The van der Waals surface area contributed by atoms with E-state index in [1.807, 2.05) is 13.8 Å². The van der Waals surface area contributed by atoms with E-state index < -0.39 is 17.8 Å². The summed E-state index contributed by atoms with van der Waals surface area (Å²) >= 11 is 0. The van der Waals surface area contributed by atoms with Crippen LogP contribution in [0.3, 0.4) is 0 Å². The number of alkyl halides is 3. The maximum atomic E-state index is 13.5. The van der Waals surface area contributed by atoms with Gasteiger partial charge in [-0.1, -0.05) is 32.0 Å². The maximum Gasteiger partial charge on any atom is 0.416 e. The first-order chi connectivity index (χ1) is 17.5. The molecule has 2 aromatic rings. The van der Waals surface area contributed by atoms with Crippen LogP contribution in [-0.2, 0) is 15.8 Å². The second-order valence-corrected chi connectivity index (χ2v) is 10.0. The third-order valence-corrected chi connectivity index (χ3v) is 6.92. The summed E-state index contributed by atoms with van der Waals surface area (Å²) in [5, 5.41) is 8.84. The number of fused-ring (bicyclic) bond motifs is 2. The first kappa shape index (κ1) is 26.7. The molecule has 1 fully saturated rings. The highest BCUT2D eigenvalue weighted by molar-refractivity contribution is 6.10. The van der Waals surface area contributed by atoms with E-state index in [2.05, 4.69) is 16.0 Å². The van der Waals surface area contributed by atoms with Gasteiger partial charge in [-0.3, -0.25) is 14.4 Å². The van der Waals surface area contributed by atoms with Gasteiger partial charge >= 0.3 is 6.18 Å². The van der Waals surface area contributed by atoms with E-state index in [-0.39, 0.29) is 48.3 Å². The van der Waals surface area contributed by atoms with Gasteiger partial charge in [0.15, 0.2) is 0 Å². The molecule has 4 rings (SSSR count). The minimum absolute atomic E-state index is 0.135. The Balaban J connectivity index is 1.54. The lowest BCUT2D eigenvalue weighted by atomic mass is 9.95. The van der Waals surface area contributed by atoms with Crippen LogP contribution in [0, 0.1) is 5.92 Å². The first-order valence-corrected chi connectivity index (χ1v) is 12.4. The first-order valence-electron chi connectivity index (χ1n) is 12.4. The van der Waals surface area contributed by atoms with Gasteiger partial charge in [-0.15, -0.1) is 0 Å². The topological polar surface area (TPSA) is 90.5 Å². The number of rotatable bonds is 6. The van der Waals surface area contributed by atoms with Crippen LogP contribution in [0.4, 0.5) is 18.9 Å². The summed E-state index contributed by atoms with van der Waals surface area (Å²) in [5.74, 6) is -0.534. The van der Waals surface area contributed by atoms with Crippen molar-refractivity contribution < 1.29 is 27.6 Å². The molecule has 198 valence electrons. The largest absolute Gasteiger partial charge is 0.416 e. The predicted molar refractivity (Wildman–Crippen MR) is 134 cm³/mol. The normalized spacial score (nSPS) is 20.6. The van der Waals surface area contributed by atoms with Gasteiger partial charge in [-0.25, -0.2) is 0 Å². The Morgan fingerprint density at radius 3 is 2.54 bits per heavy atom. The number of carbonyl (C=O) groups is 3. The van der Waals surface area contributed by atoms with Gasteiger partial charge in [0.2, 0.25) is 11.8 Å². The molecule has 0 bridgehead atoms. The second-order valence-electron chi connectivity index (χ2n) is 10.0. The molecule has 10 heteroatoms. The molecule has 0 radical (unpaired) electrons. The molecule has 0 unspecified atom stereocenters. The van der Waals surface area contributed by atoms with E-state index in [0.29, 0.717) is 35.6 Å². The van der Waals surface area contributed by atoms with Crippen molar-refractivity contribution in [2.45, 2.75) is 57.4 Å². The Morgan fingerprint density at radius 2 is 1.86 bits per heavy atom. The molecular formula is C27H31F3N4O3. The number of nitrogens with one attached hydrogen (secondary N) is 3. The van der Waals surface area contributed by atoms with Gasteiger partial charge in [0.25, 0.3) is 5.91 Å². The number of benzene rings is 2. The molecule has 0 spiro atoms. The fraction of sp³-hybridized carbons (Fsp3) is 0.444. The maximum absolute atomic E-state index is 13.5. The number of halogens is 3. The van der Waals surface area contributed by atoms with Crippen LogP contribution in [0.25, 0.3) is 11.1 Å². The smallest absolute Gasteiger partial charge is 0.352 e. The second kappa shape index (κ2) is 10.5. The van der Waals surface area contributed by atoms with Crippen LogP contribution in [0.5, 0.6) is 0 Å². The Hall–Kier alpha value is -3.40. The molecule has 0 aliphatic carbocycles. The fourth-order valence-corrected chi connectivity index (χ4v) is 4.97. The zero-order valence-electron chi connectivity index (χ0n) is 21.0. The number of hydrogen-bond acceptors (Lipinski definition) is 4. The van der Waals surface area contributed by atoms with E-state index in [9.17, 15) is 27.6 Å². The van der Waals surface area contributed by atoms with E-state index in [1.54, 1.807) is 25.2 Å². The van der Waals surface area contributed by atoms with Gasteiger partial charge in [0.05, 0.1) is 22.9 Å². The third kappa shape index (κ3) is 5.79. The number of carbonyl (C=O) groups excluding carboxylic acids is 3. The zero-order chi connectivity index (χ0) is 26.9. The number of likely N-dealkylation sites (N-methyl/N-ethyl adjacent to an activating group) is 1. The molecule has 7 nitrogen and oxygen atoms in total. The van der Waals surface area contributed by atoms with Gasteiger partial charge < -0.3 is 20.9 Å². The van der Waals surface area contributed by atoms with Crippen molar-refractivity contribution in [2.75, 3.05) is 18.9 Å². The van der Waals surface area contributed by atoms with Crippen molar-refractivity contribution in [1.29, 1.82) is 0 Å². The lowest BCUT2D eigenvalue weighted by Gasteiger charge is -2.37. The lowest BCUT2D eigenvalue weighted by molar-refractivity contribution is -0.137. The van der Waals surface area contributed by atoms with Crippen LogP contribution >= 0.6 is 0 Å². The molecule has 0 aromatic heterocycles. The highest BCUT2D eigenvalue weighted by Gasteiger charge is 2.40. The Bertz CT molecular complexity index is 1200. The van der Waals surface area contributed by atoms with Crippen LogP contribution in [0.15, 0.2) is 42.5 Å². The molecule has 3 amide bonds. The van der Waals surface area contributed by atoms with Crippen LogP contribution in [-0.4, -0.2) is 54.3 Å². The quantitative estimate of drug-likeness (QED) is 0.541. The summed E-state index contributed by atoms with van der Waals surface area (Å²) in [6.07, 6.45) is -3.05. The average Bonchev–Trinajstić information content (AvgIpc) is 2.95. The minimum atomic E-state index is -4.49. The van der Waals surface area contributed by atoms with Crippen LogP contribution in [0.2, 0.25) is 0 Å². The summed E-state index contributed by atoms with van der Waals surface area (Å²) in [5.41, 5.74) is 0.516. The summed E-state index contributed by atoms with van der Waals surface area (Å²) in [6, 6.07) is 8.17. The predicted octanol–water partition coefficient (Wildman–Crippen LogP) is 4.05. The standard InChI is InChI=1S/C27H31F3N4O3/c1-15(2)11-22(31-3)24(35)32-19-9-10-34-23(14-19)25(36)33-21-8-7-17(13-20(21)26(34)37)16-5-4-6-18(12-16)27(28,29)30/h4-8,12-13,15,19,22-23,31H,9-11,14H2,1-3H3,(H,32,35)(H,33,36)/t19-,22-,23-/m0/s1. The Morgan fingerprint density at radius 1 is 1.14 bits per heavy atom.